The van der Waals surface area contributed by atoms with Crippen molar-refractivity contribution < 1.29 is 4.74 Å². The van der Waals surface area contributed by atoms with E-state index >= 15 is 0 Å². The Hall–Kier alpha value is -0.770. The SMILES string of the molecule is COC1=C2NC=CC2C(Br)C=N1. The van der Waals surface area contributed by atoms with Crippen LogP contribution in [0.4, 0.5) is 0 Å². The smallest absolute Gasteiger partial charge is 0.233 e. The lowest BCUT2D eigenvalue weighted by Crippen LogP contribution is -2.23. The average Bonchev–Trinajstić information content (AvgIpc) is 2.54. The van der Waals surface area contributed by atoms with E-state index in [1.807, 2.05) is 12.4 Å². The Morgan fingerprint density at radius 1 is 1.67 bits per heavy atom. The summed E-state index contributed by atoms with van der Waals surface area (Å²) >= 11 is 3.52. The number of rotatable bonds is 1. The summed E-state index contributed by atoms with van der Waals surface area (Å²) in [5, 5.41) is 3.12. The lowest BCUT2D eigenvalue weighted by Gasteiger charge is -2.20. The summed E-state index contributed by atoms with van der Waals surface area (Å²) in [6, 6.07) is 0. The summed E-state index contributed by atoms with van der Waals surface area (Å²) in [4.78, 5) is 4.43. The molecule has 0 aromatic heterocycles. The molecule has 2 aliphatic heterocycles. The fourth-order valence-electron chi connectivity index (χ4n) is 1.37. The third kappa shape index (κ3) is 1.06. The van der Waals surface area contributed by atoms with Crippen molar-refractivity contribution in [3.63, 3.8) is 0 Å². The molecule has 0 saturated heterocycles. The van der Waals surface area contributed by atoms with Gasteiger partial charge in [-0.1, -0.05) is 22.0 Å². The van der Waals surface area contributed by atoms with Crippen molar-refractivity contribution in [2.45, 2.75) is 4.83 Å². The van der Waals surface area contributed by atoms with Crippen LogP contribution in [0.25, 0.3) is 0 Å². The first kappa shape index (κ1) is 7.86. The maximum atomic E-state index is 5.11. The van der Waals surface area contributed by atoms with Crippen LogP contribution in [0.5, 0.6) is 0 Å². The van der Waals surface area contributed by atoms with Gasteiger partial charge in [-0.25, -0.2) is 4.99 Å². The second-order valence-corrected chi connectivity index (χ2v) is 3.73. The van der Waals surface area contributed by atoms with E-state index in [0.29, 0.717) is 11.8 Å². The van der Waals surface area contributed by atoms with Gasteiger partial charge in [0, 0.05) is 12.1 Å². The minimum Gasteiger partial charge on any atom is -0.480 e. The normalized spacial score (nSPS) is 31.8. The molecule has 64 valence electrons. The van der Waals surface area contributed by atoms with Crippen molar-refractivity contribution in [1.82, 2.24) is 5.32 Å². The Bertz CT molecular complexity index is 283. The first-order valence-electron chi connectivity index (χ1n) is 3.72. The molecule has 0 spiro atoms. The van der Waals surface area contributed by atoms with Crippen LogP contribution in [0.15, 0.2) is 28.8 Å². The molecule has 2 unspecified atom stereocenters. The van der Waals surface area contributed by atoms with Gasteiger partial charge >= 0.3 is 0 Å². The summed E-state index contributed by atoms with van der Waals surface area (Å²) in [6.07, 6.45) is 5.87. The van der Waals surface area contributed by atoms with Crippen molar-refractivity contribution >= 4 is 22.1 Å². The van der Waals surface area contributed by atoms with Gasteiger partial charge in [0.2, 0.25) is 5.88 Å². The zero-order valence-electron chi connectivity index (χ0n) is 6.62. The highest BCUT2D eigenvalue weighted by atomic mass is 79.9. The Balaban J connectivity index is 2.35. The van der Waals surface area contributed by atoms with Crippen molar-refractivity contribution in [3.8, 4) is 0 Å². The monoisotopic (exact) mass is 228 g/mol. The summed E-state index contributed by atoms with van der Waals surface area (Å²) in [5.41, 5.74) is 1.04. The molecule has 2 rings (SSSR count). The maximum Gasteiger partial charge on any atom is 0.233 e. The van der Waals surface area contributed by atoms with Crippen molar-refractivity contribution in [3.05, 3.63) is 23.9 Å². The predicted octanol–water partition coefficient (Wildman–Crippen LogP) is 1.38. The first-order chi connectivity index (χ1) is 5.83. The van der Waals surface area contributed by atoms with Crippen molar-refractivity contribution in [1.29, 1.82) is 0 Å². The zero-order chi connectivity index (χ0) is 8.55. The summed E-state index contributed by atoms with van der Waals surface area (Å²) in [6.45, 7) is 0. The molecule has 4 heteroatoms. The molecule has 0 aromatic rings. The number of aliphatic imine (C=N–C) groups is 1. The predicted molar refractivity (Wildman–Crippen MR) is 51.0 cm³/mol. The number of nitrogens with one attached hydrogen (secondary N) is 1. The number of hydrogen-bond donors (Lipinski definition) is 1. The zero-order valence-corrected chi connectivity index (χ0v) is 8.21. The van der Waals surface area contributed by atoms with Crippen LogP contribution >= 0.6 is 15.9 Å². The van der Waals surface area contributed by atoms with Crippen LogP contribution in [0, 0.1) is 5.92 Å². The molecule has 1 N–H and O–H groups in total. The Kier molecular flexibility index (Phi) is 1.92. The third-order valence-electron chi connectivity index (χ3n) is 1.98. The summed E-state index contributed by atoms with van der Waals surface area (Å²) in [7, 11) is 1.63. The molecular formula is C8H9BrN2O. The van der Waals surface area contributed by atoms with Crippen molar-refractivity contribution in [2.75, 3.05) is 7.11 Å². The van der Waals surface area contributed by atoms with Gasteiger partial charge in [-0.2, -0.15) is 0 Å². The van der Waals surface area contributed by atoms with Gasteiger partial charge in [-0.15, -0.1) is 0 Å². The van der Waals surface area contributed by atoms with Crippen LogP contribution < -0.4 is 5.32 Å². The highest BCUT2D eigenvalue weighted by molar-refractivity contribution is 9.10. The van der Waals surface area contributed by atoms with Gasteiger partial charge in [0.25, 0.3) is 0 Å². The van der Waals surface area contributed by atoms with Gasteiger partial charge in [-0.05, 0) is 6.20 Å². The van der Waals surface area contributed by atoms with Crippen LogP contribution in [-0.2, 0) is 4.74 Å². The van der Waals surface area contributed by atoms with Gasteiger partial charge in [0.1, 0.15) is 0 Å². The first-order valence-corrected chi connectivity index (χ1v) is 4.64. The number of hydrogen-bond acceptors (Lipinski definition) is 3. The minimum atomic E-state index is 0.276. The third-order valence-corrected chi connectivity index (χ3v) is 2.78. The molecule has 3 nitrogen and oxygen atoms in total. The average molecular weight is 229 g/mol. The molecular weight excluding hydrogens is 220 g/mol. The molecule has 0 radical (unpaired) electrons. The quantitative estimate of drug-likeness (QED) is 0.689. The van der Waals surface area contributed by atoms with E-state index < -0.39 is 0 Å². The van der Waals surface area contributed by atoms with Gasteiger partial charge < -0.3 is 10.1 Å². The van der Waals surface area contributed by atoms with E-state index in [-0.39, 0.29) is 4.83 Å². The number of allylic oxidation sites excluding steroid dienone is 1. The second-order valence-electron chi connectivity index (χ2n) is 2.67. The fraction of sp³-hybridized carbons (Fsp3) is 0.375. The number of alkyl halides is 1. The molecule has 0 saturated carbocycles. The van der Waals surface area contributed by atoms with Crippen molar-refractivity contribution in [2.24, 2.45) is 10.9 Å². The lowest BCUT2D eigenvalue weighted by atomic mass is 10.0. The summed E-state index contributed by atoms with van der Waals surface area (Å²) < 4.78 is 5.11. The lowest BCUT2D eigenvalue weighted by molar-refractivity contribution is 0.277. The largest absolute Gasteiger partial charge is 0.480 e. The molecule has 0 amide bonds. The van der Waals surface area contributed by atoms with E-state index in [2.05, 4.69) is 32.3 Å². The fourth-order valence-corrected chi connectivity index (χ4v) is 1.93. The second kappa shape index (κ2) is 2.94. The van der Waals surface area contributed by atoms with Gasteiger partial charge in [0.05, 0.1) is 17.6 Å². The number of nitrogens with zero attached hydrogens (tertiary/aromatic N) is 1. The highest BCUT2D eigenvalue weighted by Crippen LogP contribution is 2.30. The number of methoxy groups -OCH3 is 1. The highest BCUT2D eigenvalue weighted by Gasteiger charge is 2.29. The number of ether oxygens (including phenoxy) is 1. The molecule has 0 aromatic carbocycles. The van der Waals surface area contributed by atoms with E-state index in [1.165, 1.54) is 0 Å². The molecule has 2 atom stereocenters. The minimum absolute atomic E-state index is 0.276. The molecule has 0 fully saturated rings. The van der Waals surface area contributed by atoms with E-state index in [9.17, 15) is 0 Å². The molecule has 12 heavy (non-hydrogen) atoms. The van der Waals surface area contributed by atoms with E-state index in [1.54, 1.807) is 7.11 Å². The van der Waals surface area contributed by atoms with Crippen LogP contribution in [0.2, 0.25) is 0 Å². The Labute approximate surface area is 79.3 Å². The number of halogens is 1. The Morgan fingerprint density at radius 2 is 2.50 bits per heavy atom. The van der Waals surface area contributed by atoms with Crippen LogP contribution in [0.1, 0.15) is 0 Å². The molecule has 0 bridgehead atoms. The van der Waals surface area contributed by atoms with Gasteiger partial charge in [-0.3, -0.25) is 0 Å². The molecule has 2 heterocycles. The maximum absolute atomic E-state index is 5.11. The topological polar surface area (TPSA) is 33.6 Å². The Morgan fingerprint density at radius 3 is 3.25 bits per heavy atom. The van der Waals surface area contributed by atoms with E-state index in [0.717, 1.165) is 5.70 Å². The summed E-state index contributed by atoms with van der Waals surface area (Å²) in [5.74, 6) is 1.03. The van der Waals surface area contributed by atoms with E-state index in [4.69, 9.17) is 4.74 Å². The number of fused-ring (bicyclic) bond motifs is 1. The van der Waals surface area contributed by atoms with Crippen LogP contribution in [-0.4, -0.2) is 18.2 Å². The van der Waals surface area contributed by atoms with Gasteiger partial charge in [0.15, 0.2) is 0 Å². The molecule has 2 aliphatic rings. The van der Waals surface area contributed by atoms with Crippen LogP contribution in [0.3, 0.4) is 0 Å². The molecule has 0 aliphatic carbocycles. The standard InChI is InChI=1S/C8H9BrN2O/c1-12-8-7-5(2-3-10-7)6(9)4-11-8/h2-6,10H,1H3.